The van der Waals surface area contributed by atoms with Crippen LogP contribution < -0.4 is 10.2 Å². The van der Waals surface area contributed by atoms with Crippen LogP contribution in [0.25, 0.3) is 0 Å². The molecule has 4 N–H and O–H groups in total. The van der Waals surface area contributed by atoms with Crippen molar-refractivity contribution in [3.05, 3.63) is 131 Å². The van der Waals surface area contributed by atoms with Crippen molar-refractivity contribution in [3.63, 3.8) is 0 Å². The lowest BCUT2D eigenvalue weighted by Gasteiger charge is -2.36. The Balaban J connectivity index is 1.47. The normalized spacial score (nSPS) is 17.2. The third kappa shape index (κ3) is 8.18. The Morgan fingerprint density at radius 2 is 1.42 bits per heavy atom. The predicted octanol–water partition coefficient (Wildman–Crippen LogP) is 6.83. The number of halogens is 1. The van der Waals surface area contributed by atoms with Crippen molar-refractivity contribution in [2.24, 2.45) is 0 Å². The summed E-state index contributed by atoms with van der Waals surface area (Å²) in [5.74, 6) is -1.38. The second kappa shape index (κ2) is 15.7. The molecule has 0 radical (unpaired) electrons. The van der Waals surface area contributed by atoms with Crippen LogP contribution in [-0.2, 0) is 32.9 Å². The molecule has 3 amide bonds. The average Bonchev–Trinajstić information content (AvgIpc) is 3.31. The Hall–Kier alpha value is -4.30. The third-order valence-corrected chi connectivity index (χ3v) is 10.2. The number of allylic oxidation sites excluding steroid dienone is 5. The highest BCUT2D eigenvalue weighted by Gasteiger charge is 2.41. The topological polar surface area (TPSA) is 134 Å². The van der Waals surface area contributed by atoms with E-state index in [1.54, 1.807) is 24.3 Å². The number of alkyl halides is 1. The van der Waals surface area contributed by atoms with Gasteiger partial charge in [0.2, 0.25) is 5.91 Å². The zero-order chi connectivity index (χ0) is 36.1. The fraction of sp³-hybridized carbons (Fsp3) is 0.243. The number of carbonyl (C=O) groups is 3. The van der Waals surface area contributed by atoms with Gasteiger partial charge in [-0.1, -0.05) is 86.7 Å². The molecule has 50 heavy (non-hydrogen) atoms. The number of rotatable bonds is 12. The van der Waals surface area contributed by atoms with Crippen LogP contribution in [0.15, 0.2) is 119 Å². The fourth-order valence-electron chi connectivity index (χ4n) is 6.03. The summed E-state index contributed by atoms with van der Waals surface area (Å²) >= 11 is 11.3. The highest BCUT2D eigenvalue weighted by molar-refractivity contribution is 8.19. The first kappa shape index (κ1) is 37.0. The van der Waals surface area contributed by atoms with Crippen LogP contribution in [-0.4, -0.2) is 65.3 Å². The van der Waals surface area contributed by atoms with E-state index in [9.17, 15) is 28.0 Å². The van der Waals surface area contributed by atoms with E-state index < -0.39 is 28.1 Å². The predicted molar refractivity (Wildman–Crippen MR) is 201 cm³/mol. The van der Waals surface area contributed by atoms with E-state index in [2.05, 4.69) is 10.2 Å². The van der Waals surface area contributed by atoms with Gasteiger partial charge in [0.15, 0.2) is 5.11 Å². The minimum absolute atomic E-state index is 0.00697. The maximum Gasteiger partial charge on any atom is 0.265 e. The Kier molecular flexibility index (Phi) is 11.6. The zero-order valence-electron chi connectivity index (χ0n) is 27.7. The van der Waals surface area contributed by atoms with Crippen molar-refractivity contribution in [1.29, 1.82) is 0 Å². The van der Waals surface area contributed by atoms with Crippen LogP contribution >= 0.6 is 34.7 Å². The lowest BCUT2D eigenvalue weighted by Crippen LogP contribution is -2.55. The van der Waals surface area contributed by atoms with Gasteiger partial charge >= 0.3 is 0 Å². The largest absolute Gasteiger partial charge is 0.355 e. The molecular formula is C37H39ClN4O6S2. The summed E-state index contributed by atoms with van der Waals surface area (Å²) in [6.07, 6.45) is 7.34. The summed E-state index contributed by atoms with van der Waals surface area (Å²) in [6.45, 7) is 5.26. The average molecular weight is 735 g/mol. The number of hydrogen-bond acceptors (Lipinski definition) is 8. The minimum atomic E-state index is -3.94. The number of amides is 3. The van der Waals surface area contributed by atoms with Crippen molar-refractivity contribution in [3.8, 4) is 0 Å². The van der Waals surface area contributed by atoms with Crippen molar-refractivity contribution in [2.75, 3.05) is 23.9 Å². The first-order valence-corrected chi connectivity index (χ1v) is 18.4. The Labute approximate surface area is 303 Å². The first-order chi connectivity index (χ1) is 23.8. The fourth-order valence-corrected chi connectivity index (χ4v) is 6.95. The SMILES string of the molecule is CC1(C)/C(=C\C=C\C=C2C(=O)N(Cc3ccccc3)C(=S)N(Cc3ccccc3)C2=O)N(CCCNC(=O)CCl)c2ccc(S(O)(O)O)cc21. The lowest BCUT2D eigenvalue weighted by molar-refractivity contribution is -0.134. The molecule has 0 spiro atoms. The van der Waals surface area contributed by atoms with E-state index in [0.717, 1.165) is 28.1 Å². The molecular weight excluding hydrogens is 696 g/mol. The van der Waals surface area contributed by atoms with Gasteiger partial charge in [0.25, 0.3) is 11.8 Å². The molecule has 3 aromatic rings. The van der Waals surface area contributed by atoms with Crippen molar-refractivity contribution < 1.29 is 28.0 Å². The van der Waals surface area contributed by atoms with Crippen LogP contribution in [0.2, 0.25) is 0 Å². The molecule has 10 nitrogen and oxygen atoms in total. The van der Waals surface area contributed by atoms with E-state index in [0.29, 0.717) is 19.5 Å². The molecule has 0 atom stereocenters. The van der Waals surface area contributed by atoms with Gasteiger partial charge in [-0.3, -0.25) is 24.2 Å². The molecule has 3 aromatic carbocycles. The molecule has 0 saturated carbocycles. The minimum Gasteiger partial charge on any atom is -0.355 e. The number of carbonyl (C=O) groups excluding carboxylic acids is 3. The van der Waals surface area contributed by atoms with Crippen molar-refractivity contribution >= 4 is 63.2 Å². The highest BCUT2D eigenvalue weighted by atomic mass is 35.5. The number of thiocarbonyl (C=S) groups is 1. The van der Waals surface area contributed by atoms with Gasteiger partial charge < -0.3 is 23.9 Å². The molecule has 1 saturated heterocycles. The number of fused-ring (bicyclic) bond motifs is 1. The molecule has 0 bridgehead atoms. The maximum absolute atomic E-state index is 13.8. The molecule has 5 rings (SSSR count). The number of nitrogens with zero attached hydrogens (tertiary/aromatic N) is 3. The molecule has 2 aliphatic heterocycles. The molecule has 1 fully saturated rings. The van der Waals surface area contributed by atoms with Gasteiger partial charge in [-0.15, -0.1) is 11.6 Å². The number of nitrogens with one attached hydrogen (secondary N) is 1. The van der Waals surface area contributed by atoms with E-state index >= 15 is 0 Å². The monoisotopic (exact) mass is 734 g/mol. The quantitative estimate of drug-likeness (QED) is 0.0523. The summed E-state index contributed by atoms with van der Waals surface area (Å²) in [6, 6.07) is 23.7. The van der Waals surface area contributed by atoms with Crippen molar-refractivity contribution in [2.45, 2.75) is 43.7 Å². The first-order valence-electron chi connectivity index (χ1n) is 15.9. The van der Waals surface area contributed by atoms with E-state index in [1.165, 1.54) is 21.9 Å². The van der Waals surface area contributed by atoms with Crippen LogP contribution in [0.1, 0.15) is 37.0 Å². The van der Waals surface area contributed by atoms with Crippen LogP contribution in [0.4, 0.5) is 5.69 Å². The van der Waals surface area contributed by atoms with E-state index in [-0.39, 0.29) is 40.5 Å². The second-order valence-corrected chi connectivity index (χ2v) is 14.5. The molecule has 13 heteroatoms. The Bertz CT molecular complexity index is 1790. The van der Waals surface area contributed by atoms with Gasteiger partial charge in [-0.05, 0) is 65.7 Å². The lowest BCUT2D eigenvalue weighted by atomic mass is 9.83. The third-order valence-electron chi connectivity index (χ3n) is 8.59. The van der Waals surface area contributed by atoms with Crippen molar-refractivity contribution in [1.82, 2.24) is 15.1 Å². The van der Waals surface area contributed by atoms with Crippen LogP contribution in [0.5, 0.6) is 0 Å². The summed E-state index contributed by atoms with van der Waals surface area (Å²) in [5, 5.41) is 2.90. The molecule has 0 aromatic heterocycles. The standard InChI is InChI=1S/C37H39ClN4O6S2/c1-37(2)30-22-28(50(46,47)48)18-19-31(30)40(21-11-20-39-33(43)23-38)32(37)17-10-9-16-29-34(44)41(24-26-12-5-3-6-13-26)36(49)42(35(29)45)25-27-14-7-4-8-15-27/h3-10,12-19,22,46-48H,11,20-21,23-25H2,1-2H3,(H,39,43)/b10-9+,32-17+. The zero-order valence-corrected chi connectivity index (χ0v) is 30.0. The molecule has 0 aliphatic carbocycles. The van der Waals surface area contributed by atoms with E-state index in [1.807, 2.05) is 80.6 Å². The summed E-state index contributed by atoms with van der Waals surface area (Å²) in [5.41, 5.74) is 3.49. The summed E-state index contributed by atoms with van der Waals surface area (Å²) < 4.78 is 29.9. The van der Waals surface area contributed by atoms with Gasteiger partial charge in [-0.2, -0.15) is 0 Å². The molecule has 0 unspecified atom stereocenters. The Morgan fingerprint density at radius 3 is 1.96 bits per heavy atom. The van der Waals surface area contributed by atoms with Gasteiger partial charge in [0.1, 0.15) is 22.3 Å². The number of anilines is 1. The van der Waals surface area contributed by atoms with Gasteiger partial charge in [-0.25, -0.2) is 0 Å². The highest BCUT2D eigenvalue weighted by Crippen LogP contribution is 2.52. The summed E-state index contributed by atoms with van der Waals surface area (Å²) in [4.78, 5) is 44.2. The van der Waals surface area contributed by atoms with Crippen LogP contribution in [0.3, 0.4) is 0 Å². The van der Waals surface area contributed by atoms with E-state index in [4.69, 9.17) is 23.8 Å². The maximum atomic E-state index is 13.8. The molecule has 262 valence electrons. The second-order valence-electron chi connectivity index (χ2n) is 12.4. The molecule has 2 heterocycles. The smallest absolute Gasteiger partial charge is 0.265 e. The summed E-state index contributed by atoms with van der Waals surface area (Å²) in [7, 11) is -3.94. The Morgan fingerprint density at radius 1 is 0.860 bits per heavy atom. The van der Waals surface area contributed by atoms with Gasteiger partial charge in [0, 0.05) is 29.9 Å². The number of benzene rings is 3. The van der Waals surface area contributed by atoms with Gasteiger partial charge in [0.05, 0.1) is 18.0 Å². The van der Waals surface area contributed by atoms with Crippen LogP contribution in [0, 0.1) is 0 Å². The molecule has 2 aliphatic rings. The number of hydrogen-bond donors (Lipinski definition) is 4.